The molecule has 0 atom stereocenters. The first-order valence-electron chi connectivity index (χ1n) is 5.01. The molecule has 2 rings (SSSR count). The van der Waals surface area contributed by atoms with E-state index in [2.05, 4.69) is 18.2 Å². The Morgan fingerprint density at radius 1 is 1.31 bits per heavy atom. The molecular formula is C11H15NO. The molecule has 0 saturated carbocycles. The lowest BCUT2D eigenvalue weighted by atomic mass is 10.1. The third kappa shape index (κ3) is 1.82. The number of nitrogens with zero attached hydrogens (tertiary/aromatic N) is 1. The summed E-state index contributed by atoms with van der Waals surface area (Å²) in [6.45, 7) is 1.70. The molecule has 2 nitrogen and oxygen atoms in total. The van der Waals surface area contributed by atoms with Crippen LogP contribution in [-0.2, 0) is 4.79 Å². The Balaban J connectivity index is 1.99. The van der Waals surface area contributed by atoms with Crippen LogP contribution >= 0.6 is 0 Å². The number of amides is 1. The molecule has 0 saturated heterocycles. The van der Waals surface area contributed by atoms with Crippen molar-refractivity contribution < 1.29 is 4.79 Å². The lowest BCUT2D eigenvalue weighted by Crippen LogP contribution is -2.34. The highest BCUT2D eigenvalue weighted by molar-refractivity contribution is 5.94. The number of carbonyl (C=O) groups is 1. The van der Waals surface area contributed by atoms with Crippen LogP contribution in [0.2, 0.25) is 0 Å². The zero-order chi connectivity index (χ0) is 9.10. The third-order valence-electron chi connectivity index (χ3n) is 2.66. The second-order valence-electron chi connectivity index (χ2n) is 3.63. The van der Waals surface area contributed by atoms with E-state index in [0.717, 1.165) is 44.3 Å². The van der Waals surface area contributed by atoms with Crippen LogP contribution in [0.25, 0.3) is 0 Å². The zero-order valence-electron chi connectivity index (χ0n) is 7.83. The molecule has 0 radical (unpaired) electrons. The maximum atomic E-state index is 11.8. The molecule has 70 valence electrons. The fourth-order valence-corrected chi connectivity index (χ4v) is 1.89. The molecule has 0 aromatic carbocycles. The van der Waals surface area contributed by atoms with E-state index in [1.54, 1.807) is 0 Å². The van der Waals surface area contributed by atoms with Gasteiger partial charge in [-0.3, -0.25) is 4.79 Å². The van der Waals surface area contributed by atoms with Gasteiger partial charge < -0.3 is 4.90 Å². The molecule has 0 aromatic rings. The van der Waals surface area contributed by atoms with E-state index in [1.807, 2.05) is 4.90 Å². The average Bonchev–Trinajstić information content (AvgIpc) is 2.71. The fourth-order valence-electron chi connectivity index (χ4n) is 1.89. The summed E-state index contributed by atoms with van der Waals surface area (Å²) < 4.78 is 0. The first kappa shape index (κ1) is 8.54. The van der Waals surface area contributed by atoms with E-state index in [-0.39, 0.29) is 5.91 Å². The second kappa shape index (κ2) is 3.77. The zero-order valence-corrected chi connectivity index (χ0v) is 7.83. The summed E-state index contributed by atoms with van der Waals surface area (Å²) in [5.74, 6) is 0.266. The molecule has 1 aliphatic heterocycles. The van der Waals surface area contributed by atoms with Crippen molar-refractivity contribution >= 4 is 5.91 Å². The summed E-state index contributed by atoms with van der Waals surface area (Å²) in [4.78, 5) is 13.8. The standard InChI is InChI=1S/C11H15NO/c13-11(10-6-2-3-7-10)12-8-4-1-5-9-12/h1,4,6H,2-3,5,7-9H2. The number of rotatable bonds is 1. The number of carbonyl (C=O) groups excluding carboxylic acids is 1. The summed E-state index contributed by atoms with van der Waals surface area (Å²) in [7, 11) is 0. The van der Waals surface area contributed by atoms with Crippen LogP contribution in [0.5, 0.6) is 0 Å². The largest absolute Gasteiger partial charge is 0.335 e. The predicted molar refractivity (Wildman–Crippen MR) is 52.3 cm³/mol. The molecule has 0 fully saturated rings. The SMILES string of the molecule is O=C(C1=CCCC1)N1CC=CCC1. The van der Waals surface area contributed by atoms with Gasteiger partial charge in [-0.2, -0.15) is 0 Å². The molecule has 1 amide bonds. The highest BCUT2D eigenvalue weighted by atomic mass is 16.2. The molecule has 0 N–H and O–H groups in total. The van der Waals surface area contributed by atoms with Gasteiger partial charge >= 0.3 is 0 Å². The van der Waals surface area contributed by atoms with Gasteiger partial charge in [0.15, 0.2) is 0 Å². The van der Waals surface area contributed by atoms with E-state index in [4.69, 9.17) is 0 Å². The van der Waals surface area contributed by atoms with Crippen molar-refractivity contribution in [2.75, 3.05) is 13.1 Å². The van der Waals surface area contributed by atoms with E-state index >= 15 is 0 Å². The first-order chi connectivity index (χ1) is 6.38. The van der Waals surface area contributed by atoms with Gasteiger partial charge in [-0.25, -0.2) is 0 Å². The third-order valence-corrected chi connectivity index (χ3v) is 2.66. The predicted octanol–water partition coefficient (Wildman–Crippen LogP) is 1.89. The van der Waals surface area contributed by atoms with E-state index < -0.39 is 0 Å². The van der Waals surface area contributed by atoms with Crippen molar-refractivity contribution in [3.8, 4) is 0 Å². The Morgan fingerprint density at radius 2 is 2.23 bits per heavy atom. The summed E-state index contributed by atoms with van der Waals surface area (Å²) >= 11 is 0. The minimum atomic E-state index is 0.266. The average molecular weight is 177 g/mol. The molecular weight excluding hydrogens is 162 g/mol. The Kier molecular flexibility index (Phi) is 2.48. The van der Waals surface area contributed by atoms with Crippen LogP contribution < -0.4 is 0 Å². The van der Waals surface area contributed by atoms with E-state index in [1.165, 1.54) is 0 Å². The van der Waals surface area contributed by atoms with Gasteiger partial charge in [0.05, 0.1) is 0 Å². The van der Waals surface area contributed by atoms with Gasteiger partial charge in [0, 0.05) is 18.7 Å². The maximum Gasteiger partial charge on any atom is 0.249 e. The van der Waals surface area contributed by atoms with Crippen LogP contribution in [0.4, 0.5) is 0 Å². The molecule has 0 unspecified atom stereocenters. The summed E-state index contributed by atoms with van der Waals surface area (Å²) in [5.41, 5.74) is 1.04. The Labute approximate surface area is 78.9 Å². The number of hydrogen-bond donors (Lipinski definition) is 0. The quantitative estimate of drug-likeness (QED) is 0.560. The van der Waals surface area contributed by atoms with Gasteiger partial charge in [-0.1, -0.05) is 18.2 Å². The minimum Gasteiger partial charge on any atom is -0.335 e. The molecule has 1 heterocycles. The lowest BCUT2D eigenvalue weighted by molar-refractivity contribution is -0.126. The van der Waals surface area contributed by atoms with Gasteiger partial charge in [0.25, 0.3) is 0 Å². The van der Waals surface area contributed by atoms with Crippen molar-refractivity contribution in [2.24, 2.45) is 0 Å². The van der Waals surface area contributed by atoms with Crippen molar-refractivity contribution in [2.45, 2.75) is 25.7 Å². The number of hydrogen-bond acceptors (Lipinski definition) is 1. The molecule has 0 aromatic heterocycles. The molecule has 0 spiro atoms. The Hall–Kier alpha value is -1.05. The van der Waals surface area contributed by atoms with Gasteiger partial charge in [0.2, 0.25) is 5.91 Å². The smallest absolute Gasteiger partial charge is 0.249 e. The topological polar surface area (TPSA) is 20.3 Å². The Bertz CT molecular complexity index is 265. The second-order valence-corrected chi connectivity index (χ2v) is 3.63. The van der Waals surface area contributed by atoms with Crippen molar-refractivity contribution in [3.05, 3.63) is 23.8 Å². The maximum absolute atomic E-state index is 11.8. The van der Waals surface area contributed by atoms with Gasteiger partial charge in [-0.05, 0) is 25.7 Å². The van der Waals surface area contributed by atoms with Crippen LogP contribution in [0.1, 0.15) is 25.7 Å². The van der Waals surface area contributed by atoms with Crippen molar-refractivity contribution in [1.29, 1.82) is 0 Å². The number of allylic oxidation sites excluding steroid dienone is 1. The molecule has 2 aliphatic rings. The lowest BCUT2D eigenvalue weighted by Gasteiger charge is -2.23. The van der Waals surface area contributed by atoms with Crippen LogP contribution in [0.15, 0.2) is 23.8 Å². The summed E-state index contributed by atoms with van der Waals surface area (Å²) in [5, 5.41) is 0. The Morgan fingerprint density at radius 3 is 2.85 bits per heavy atom. The highest BCUT2D eigenvalue weighted by Crippen LogP contribution is 2.20. The molecule has 2 heteroatoms. The summed E-state index contributed by atoms with van der Waals surface area (Å²) in [6, 6.07) is 0. The van der Waals surface area contributed by atoms with Gasteiger partial charge in [-0.15, -0.1) is 0 Å². The van der Waals surface area contributed by atoms with E-state index in [9.17, 15) is 4.79 Å². The fraction of sp³-hybridized carbons (Fsp3) is 0.545. The van der Waals surface area contributed by atoms with Crippen molar-refractivity contribution in [1.82, 2.24) is 4.90 Å². The van der Waals surface area contributed by atoms with Crippen LogP contribution in [0, 0.1) is 0 Å². The van der Waals surface area contributed by atoms with Crippen LogP contribution in [-0.4, -0.2) is 23.9 Å². The molecule has 0 bridgehead atoms. The monoisotopic (exact) mass is 177 g/mol. The van der Waals surface area contributed by atoms with Gasteiger partial charge in [0.1, 0.15) is 0 Å². The van der Waals surface area contributed by atoms with E-state index in [0.29, 0.717) is 0 Å². The van der Waals surface area contributed by atoms with Crippen LogP contribution in [0.3, 0.4) is 0 Å². The van der Waals surface area contributed by atoms with Crippen molar-refractivity contribution in [3.63, 3.8) is 0 Å². The first-order valence-corrected chi connectivity index (χ1v) is 5.01. The molecule has 1 aliphatic carbocycles. The summed E-state index contributed by atoms with van der Waals surface area (Å²) in [6.07, 6.45) is 10.6. The molecule has 13 heavy (non-hydrogen) atoms. The highest BCUT2D eigenvalue weighted by Gasteiger charge is 2.19. The normalized spacial score (nSPS) is 21.8. The minimum absolute atomic E-state index is 0.266.